The van der Waals surface area contributed by atoms with Gasteiger partial charge in [-0.15, -0.1) is 0 Å². The molecular formula is C7H15NO. The highest BCUT2D eigenvalue weighted by Crippen LogP contribution is 2.32. The zero-order chi connectivity index (χ0) is 6.91. The average molecular weight is 129 g/mol. The Hall–Kier alpha value is -0.0800. The predicted molar refractivity (Wildman–Crippen MR) is 37.2 cm³/mol. The first-order chi connectivity index (χ1) is 4.19. The molecule has 0 aromatic rings. The van der Waals surface area contributed by atoms with Crippen LogP contribution in [0.5, 0.6) is 0 Å². The molecule has 0 bridgehead atoms. The maximum atomic E-state index is 5.58. The highest BCUT2D eigenvalue weighted by Gasteiger charge is 2.35. The van der Waals surface area contributed by atoms with Gasteiger partial charge in [0.25, 0.3) is 0 Å². The van der Waals surface area contributed by atoms with Gasteiger partial charge in [-0.05, 0) is 13.3 Å². The molecule has 1 heterocycles. The van der Waals surface area contributed by atoms with Gasteiger partial charge in [-0.1, -0.05) is 6.92 Å². The summed E-state index contributed by atoms with van der Waals surface area (Å²) in [5.74, 6) is 0. The van der Waals surface area contributed by atoms with Crippen molar-refractivity contribution in [1.29, 1.82) is 0 Å². The van der Waals surface area contributed by atoms with Crippen LogP contribution >= 0.6 is 0 Å². The van der Waals surface area contributed by atoms with E-state index >= 15 is 0 Å². The first-order valence-electron chi connectivity index (χ1n) is 3.51. The molecule has 0 aromatic carbocycles. The quantitative estimate of drug-likeness (QED) is 0.567. The largest absolute Gasteiger partial charge is 0.378 e. The fourth-order valence-electron chi connectivity index (χ4n) is 1.14. The second kappa shape index (κ2) is 2.27. The Bertz CT molecular complexity index is 105. The van der Waals surface area contributed by atoms with Gasteiger partial charge in [-0.3, -0.25) is 0 Å². The highest BCUT2D eigenvalue weighted by atomic mass is 16.5. The maximum Gasteiger partial charge on any atom is 0.0613 e. The molecule has 9 heavy (non-hydrogen) atoms. The van der Waals surface area contributed by atoms with E-state index in [0.29, 0.717) is 6.10 Å². The van der Waals surface area contributed by atoms with Crippen LogP contribution in [0.4, 0.5) is 0 Å². The number of rotatable bonds is 1. The zero-order valence-corrected chi connectivity index (χ0v) is 6.18. The normalized spacial score (nSPS) is 43.7. The van der Waals surface area contributed by atoms with E-state index in [0.717, 1.165) is 19.6 Å². The van der Waals surface area contributed by atoms with Crippen LogP contribution in [-0.4, -0.2) is 19.3 Å². The fraction of sp³-hybridized carbons (Fsp3) is 1.00. The molecule has 2 unspecified atom stereocenters. The lowest BCUT2D eigenvalue weighted by Crippen LogP contribution is -2.33. The van der Waals surface area contributed by atoms with Crippen LogP contribution in [0, 0.1) is 5.41 Å². The maximum absolute atomic E-state index is 5.58. The summed E-state index contributed by atoms with van der Waals surface area (Å²) in [4.78, 5) is 0. The van der Waals surface area contributed by atoms with Gasteiger partial charge in [-0.2, -0.15) is 0 Å². The molecule has 1 saturated heterocycles. The summed E-state index contributed by atoms with van der Waals surface area (Å²) >= 11 is 0. The Kier molecular flexibility index (Phi) is 1.78. The molecule has 2 N–H and O–H groups in total. The van der Waals surface area contributed by atoms with Crippen molar-refractivity contribution in [3.63, 3.8) is 0 Å². The first-order valence-corrected chi connectivity index (χ1v) is 3.51. The molecule has 0 aliphatic carbocycles. The molecular weight excluding hydrogens is 114 g/mol. The third-order valence-corrected chi connectivity index (χ3v) is 2.49. The van der Waals surface area contributed by atoms with Gasteiger partial charge in [0.2, 0.25) is 0 Å². The Balaban J connectivity index is 2.56. The lowest BCUT2D eigenvalue weighted by molar-refractivity contribution is 0.0756. The van der Waals surface area contributed by atoms with Gasteiger partial charge in [0.05, 0.1) is 6.10 Å². The minimum atomic E-state index is 0.250. The van der Waals surface area contributed by atoms with Crippen LogP contribution < -0.4 is 5.73 Å². The second-order valence-corrected chi connectivity index (χ2v) is 3.12. The van der Waals surface area contributed by atoms with E-state index in [-0.39, 0.29) is 5.41 Å². The van der Waals surface area contributed by atoms with Crippen LogP contribution in [-0.2, 0) is 4.74 Å². The average Bonchev–Trinajstić information content (AvgIpc) is 2.15. The molecule has 1 rings (SSSR count). The van der Waals surface area contributed by atoms with Crippen molar-refractivity contribution in [2.45, 2.75) is 26.4 Å². The lowest BCUT2D eigenvalue weighted by Gasteiger charge is -2.24. The Morgan fingerprint density at radius 3 is 2.67 bits per heavy atom. The van der Waals surface area contributed by atoms with Crippen molar-refractivity contribution in [2.24, 2.45) is 11.1 Å². The van der Waals surface area contributed by atoms with Crippen LogP contribution in [0.15, 0.2) is 0 Å². The van der Waals surface area contributed by atoms with E-state index in [1.165, 1.54) is 0 Å². The van der Waals surface area contributed by atoms with E-state index in [4.69, 9.17) is 10.5 Å². The monoisotopic (exact) mass is 129 g/mol. The standard InChI is InChI=1S/C7H15NO/c1-6-7(2,5-8)3-4-9-6/h6H,3-5,8H2,1-2H3. The van der Waals surface area contributed by atoms with Gasteiger partial charge >= 0.3 is 0 Å². The van der Waals surface area contributed by atoms with Crippen molar-refractivity contribution in [2.75, 3.05) is 13.2 Å². The highest BCUT2D eigenvalue weighted by molar-refractivity contribution is 4.85. The van der Waals surface area contributed by atoms with Crippen molar-refractivity contribution < 1.29 is 4.74 Å². The van der Waals surface area contributed by atoms with Gasteiger partial charge in [0.15, 0.2) is 0 Å². The topological polar surface area (TPSA) is 35.2 Å². The van der Waals surface area contributed by atoms with E-state index in [1.807, 2.05) is 0 Å². The molecule has 2 atom stereocenters. The molecule has 0 aromatic heterocycles. The molecule has 54 valence electrons. The number of hydrogen-bond acceptors (Lipinski definition) is 2. The van der Waals surface area contributed by atoms with E-state index in [2.05, 4.69) is 13.8 Å². The van der Waals surface area contributed by atoms with Crippen LogP contribution in [0.25, 0.3) is 0 Å². The molecule has 0 amide bonds. The van der Waals surface area contributed by atoms with Crippen LogP contribution in [0.1, 0.15) is 20.3 Å². The van der Waals surface area contributed by atoms with Crippen molar-refractivity contribution in [1.82, 2.24) is 0 Å². The Morgan fingerprint density at radius 1 is 1.78 bits per heavy atom. The summed E-state index contributed by atoms with van der Waals surface area (Å²) in [7, 11) is 0. The minimum absolute atomic E-state index is 0.250. The third kappa shape index (κ3) is 1.10. The zero-order valence-electron chi connectivity index (χ0n) is 6.18. The van der Waals surface area contributed by atoms with Gasteiger partial charge in [-0.25, -0.2) is 0 Å². The first kappa shape index (κ1) is 7.03. The predicted octanol–water partition coefficient (Wildman–Crippen LogP) is 0.760. The second-order valence-electron chi connectivity index (χ2n) is 3.12. The molecule has 2 nitrogen and oxygen atoms in total. The van der Waals surface area contributed by atoms with E-state index < -0.39 is 0 Å². The van der Waals surface area contributed by atoms with Crippen molar-refractivity contribution >= 4 is 0 Å². The smallest absolute Gasteiger partial charge is 0.0613 e. The molecule has 1 fully saturated rings. The van der Waals surface area contributed by atoms with E-state index in [1.54, 1.807) is 0 Å². The molecule has 2 heteroatoms. The minimum Gasteiger partial charge on any atom is -0.378 e. The third-order valence-electron chi connectivity index (χ3n) is 2.49. The Labute approximate surface area is 56.4 Å². The lowest BCUT2D eigenvalue weighted by atomic mass is 9.84. The van der Waals surface area contributed by atoms with Crippen LogP contribution in [0.3, 0.4) is 0 Å². The number of ether oxygens (including phenoxy) is 1. The summed E-state index contributed by atoms with van der Waals surface area (Å²) < 4.78 is 5.38. The summed E-state index contributed by atoms with van der Waals surface area (Å²) in [6.07, 6.45) is 1.47. The molecule has 0 radical (unpaired) electrons. The molecule has 1 aliphatic rings. The summed E-state index contributed by atoms with van der Waals surface area (Å²) in [6, 6.07) is 0. The summed E-state index contributed by atoms with van der Waals surface area (Å²) in [5, 5.41) is 0. The fourth-order valence-corrected chi connectivity index (χ4v) is 1.14. The van der Waals surface area contributed by atoms with Gasteiger partial charge < -0.3 is 10.5 Å². The SMILES string of the molecule is CC1OCCC1(C)CN. The summed E-state index contributed by atoms with van der Waals surface area (Å²) in [6.45, 7) is 5.91. The van der Waals surface area contributed by atoms with Gasteiger partial charge in [0, 0.05) is 18.6 Å². The molecule has 1 aliphatic heterocycles. The summed E-state index contributed by atoms with van der Waals surface area (Å²) in [5.41, 5.74) is 5.83. The Morgan fingerprint density at radius 2 is 2.44 bits per heavy atom. The molecule has 0 saturated carbocycles. The number of hydrogen-bond donors (Lipinski definition) is 1. The van der Waals surface area contributed by atoms with Crippen LogP contribution in [0.2, 0.25) is 0 Å². The van der Waals surface area contributed by atoms with Gasteiger partial charge in [0.1, 0.15) is 0 Å². The number of nitrogens with two attached hydrogens (primary N) is 1. The van der Waals surface area contributed by atoms with Crippen molar-refractivity contribution in [3.8, 4) is 0 Å². The van der Waals surface area contributed by atoms with E-state index in [9.17, 15) is 0 Å². The van der Waals surface area contributed by atoms with Crippen molar-refractivity contribution in [3.05, 3.63) is 0 Å². The molecule has 0 spiro atoms.